The van der Waals surface area contributed by atoms with E-state index in [4.69, 9.17) is 5.11 Å². The first kappa shape index (κ1) is 14.7. The fourth-order valence-electron chi connectivity index (χ4n) is 2.06. The zero-order valence-electron chi connectivity index (χ0n) is 11.7. The fourth-order valence-corrected chi connectivity index (χ4v) is 2.67. The molecule has 106 valence electrons. The van der Waals surface area contributed by atoms with Crippen molar-refractivity contribution in [2.24, 2.45) is 0 Å². The highest BCUT2D eigenvalue weighted by Crippen LogP contribution is 2.12. The highest BCUT2D eigenvalue weighted by molar-refractivity contribution is 7.09. The molecule has 0 saturated carbocycles. The first-order valence-electron chi connectivity index (χ1n) is 6.42. The maximum Gasteiger partial charge on any atom is 0.307 e. The Labute approximate surface area is 122 Å². The molecule has 0 amide bonds. The van der Waals surface area contributed by atoms with E-state index >= 15 is 0 Å². The van der Waals surface area contributed by atoms with E-state index in [1.807, 2.05) is 31.2 Å². The number of benzene rings is 1. The normalized spacial score (nSPS) is 10.9. The van der Waals surface area contributed by atoms with Gasteiger partial charge in [-0.15, -0.1) is 11.3 Å². The molecule has 1 heterocycles. The number of rotatable bonds is 6. The smallest absolute Gasteiger partial charge is 0.307 e. The summed E-state index contributed by atoms with van der Waals surface area (Å²) in [7, 11) is 2.06. The molecule has 0 aliphatic rings. The van der Waals surface area contributed by atoms with Crippen LogP contribution in [0.1, 0.15) is 21.8 Å². The molecule has 5 heteroatoms. The standard InChI is InChI=1S/C15H18N2O2S/c1-11-16-14(10-20-11)9-17(2)8-13-5-3-12(4-6-13)7-15(18)19/h3-6,10H,7-9H2,1-2H3,(H,18,19). The van der Waals surface area contributed by atoms with Crippen LogP contribution in [0.2, 0.25) is 0 Å². The lowest BCUT2D eigenvalue weighted by atomic mass is 10.1. The quantitative estimate of drug-likeness (QED) is 0.888. The number of nitrogens with zero attached hydrogens (tertiary/aromatic N) is 2. The van der Waals surface area contributed by atoms with Crippen molar-refractivity contribution in [3.05, 3.63) is 51.5 Å². The zero-order chi connectivity index (χ0) is 14.5. The molecular weight excluding hydrogens is 272 g/mol. The van der Waals surface area contributed by atoms with Gasteiger partial charge in [-0.05, 0) is 25.1 Å². The third-order valence-electron chi connectivity index (χ3n) is 2.93. The minimum Gasteiger partial charge on any atom is -0.481 e. The van der Waals surface area contributed by atoms with Crippen LogP contribution < -0.4 is 0 Å². The van der Waals surface area contributed by atoms with Gasteiger partial charge in [-0.25, -0.2) is 4.98 Å². The number of thiazole rings is 1. The molecule has 0 bridgehead atoms. The molecule has 0 aliphatic heterocycles. The van der Waals surface area contributed by atoms with E-state index in [1.165, 1.54) is 5.56 Å². The molecule has 1 aromatic heterocycles. The first-order chi connectivity index (χ1) is 9.52. The van der Waals surface area contributed by atoms with E-state index in [0.29, 0.717) is 0 Å². The Morgan fingerprint density at radius 1 is 1.25 bits per heavy atom. The van der Waals surface area contributed by atoms with Gasteiger partial charge < -0.3 is 5.11 Å². The monoisotopic (exact) mass is 290 g/mol. The molecule has 1 aromatic carbocycles. The number of hydrogen-bond acceptors (Lipinski definition) is 4. The van der Waals surface area contributed by atoms with Crippen LogP contribution in [-0.2, 0) is 24.3 Å². The SMILES string of the molecule is Cc1nc(CN(C)Cc2ccc(CC(=O)O)cc2)cs1. The van der Waals surface area contributed by atoms with Crippen molar-refractivity contribution in [2.45, 2.75) is 26.4 Å². The summed E-state index contributed by atoms with van der Waals surface area (Å²) in [6.45, 7) is 3.65. The molecule has 0 saturated heterocycles. The minimum absolute atomic E-state index is 0.0776. The van der Waals surface area contributed by atoms with E-state index in [1.54, 1.807) is 11.3 Å². The van der Waals surface area contributed by atoms with Crippen molar-refractivity contribution in [3.8, 4) is 0 Å². The Kier molecular flexibility index (Phi) is 4.87. The van der Waals surface area contributed by atoms with E-state index in [0.717, 1.165) is 29.4 Å². The predicted molar refractivity (Wildman–Crippen MR) is 79.8 cm³/mol. The lowest BCUT2D eigenvalue weighted by Gasteiger charge is -2.15. The van der Waals surface area contributed by atoms with Gasteiger partial charge in [0.2, 0.25) is 0 Å². The Hall–Kier alpha value is -1.72. The largest absolute Gasteiger partial charge is 0.481 e. The Balaban J connectivity index is 1.90. The van der Waals surface area contributed by atoms with E-state index in [-0.39, 0.29) is 6.42 Å². The zero-order valence-corrected chi connectivity index (χ0v) is 12.5. The molecule has 1 N–H and O–H groups in total. The highest BCUT2D eigenvalue weighted by atomic mass is 32.1. The van der Waals surface area contributed by atoms with E-state index in [2.05, 4.69) is 22.3 Å². The van der Waals surface area contributed by atoms with Gasteiger partial charge in [0.15, 0.2) is 0 Å². The van der Waals surface area contributed by atoms with Crippen LogP contribution in [0, 0.1) is 6.92 Å². The highest BCUT2D eigenvalue weighted by Gasteiger charge is 2.05. The van der Waals surface area contributed by atoms with Gasteiger partial charge in [-0.1, -0.05) is 24.3 Å². The number of aliphatic carboxylic acids is 1. The van der Waals surface area contributed by atoms with Crippen LogP contribution in [-0.4, -0.2) is 28.0 Å². The van der Waals surface area contributed by atoms with Gasteiger partial charge in [0.25, 0.3) is 0 Å². The third-order valence-corrected chi connectivity index (χ3v) is 3.75. The van der Waals surface area contributed by atoms with Crippen LogP contribution in [0.4, 0.5) is 0 Å². The summed E-state index contributed by atoms with van der Waals surface area (Å²) in [5, 5.41) is 11.9. The molecule has 0 fully saturated rings. The van der Waals surface area contributed by atoms with Gasteiger partial charge >= 0.3 is 5.97 Å². The molecule has 0 radical (unpaired) electrons. The maximum absolute atomic E-state index is 10.6. The van der Waals surface area contributed by atoms with Crippen LogP contribution in [0.5, 0.6) is 0 Å². The second kappa shape index (κ2) is 6.63. The molecular formula is C15H18N2O2S. The topological polar surface area (TPSA) is 53.4 Å². The maximum atomic E-state index is 10.6. The lowest BCUT2D eigenvalue weighted by Crippen LogP contribution is -2.17. The van der Waals surface area contributed by atoms with Crippen molar-refractivity contribution < 1.29 is 9.90 Å². The molecule has 2 rings (SSSR count). The summed E-state index contributed by atoms with van der Waals surface area (Å²) < 4.78 is 0. The van der Waals surface area contributed by atoms with Gasteiger partial charge in [-0.3, -0.25) is 9.69 Å². The first-order valence-corrected chi connectivity index (χ1v) is 7.30. The Bertz CT molecular complexity index is 578. The van der Waals surface area contributed by atoms with Crippen molar-refractivity contribution in [1.29, 1.82) is 0 Å². The molecule has 0 unspecified atom stereocenters. The van der Waals surface area contributed by atoms with Crippen molar-refractivity contribution in [1.82, 2.24) is 9.88 Å². The minimum atomic E-state index is -0.797. The van der Waals surface area contributed by atoms with Gasteiger partial charge in [0.05, 0.1) is 17.1 Å². The Morgan fingerprint density at radius 3 is 2.45 bits per heavy atom. The number of carbonyl (C=O) groups is 1. The number of aromatic nitrogens is 1. The van der Waals surface area contributed by atoms with Gasteiger partial charge in [0, 0.05) is 18.5 Å². The number of carboxylic acid groups (broad SMARTS) is 1. The van der Waals surface area contributed by atoms with Crippen LogP contribution in [0.15, 0.2) is 29.6 Å². The van der Waals surface area contributed by atoms with E-state index < -0.39 is 5.97 Å². The number of carboxylic acids is 1. The summed E-state index contributed by atoms with van der Waals surface area (Å²) in [6, 6.07) is 7.73. The second-order valence-electron chi connectivity index (χ2n) is 4.92. The van der Waals surface area contributed by atoms with Crippen molar-refractivity contribution in [3.63, 3.8) is 0 Å². The Morgan fingerprint density at radius 2 is 1.90 bits per heavy atom. The van der Waals surface area contributed by atoms with Crippen LogP contribution in [0.3, 0.4) is 0 Å². The molecule has 2 aromatic rings. The molecule has 0 spiro atoms. The summed E-state index contributed by atoms with van der Waals surface area (Å²) in [4.78, 5) is 17.3. The predicted octanol–water partition coefficient (Wildman–Crippen LogP) is 2.71. The third kappa shape index (κ3) is 4.43. The lowest BCUT2D eigenvalue weighted by molar-refractivity contribution is -0.136. The van der Waals surface area contributed by atoms with Crippen molar-refractivity contribution in [2.75, 3.05) is 7.05 Å². The van der Waals surface area contributed by atoms with Crippen LogP contribution in [0.25, 0.3) is 0 Å². The van der Waals surface area contributed by atoms with E-state index in [9.17, 15) is 4.79 Å². The molecule has 20 heavy (non-hydrogen) atoms. The summed E-state index contributed by atoms with van der Waals surface area (Å²) >= 11 is 1.67. The number of aryl methyl sites for hydroxylation is 1. The van der Waals surface area contributed by atoms with Gasteiger partial charge in [0.1, 0.15) is 0 Å². The summed E-state index contributed by atoms with van der Waals surface area (Å²) in [5.74, 6) is -0.797. The fraction of sp³-hybridized carbons (Fsp3) is 0.333. The average Bonchev–Trinajstić information content (AvgIpc) is 2.76. The summed E-state index contributed by atoms with van der Waals surface area (Å²) in [5.41, 5.74) is 3.10. The summed E-state index contributed by atoms with van der Waals surface area (Å²) in [6.07, 6.45) is 0.0776. The average molecular weight is 290 g/mol. The van der Waals surface area contributed by atoms with Gasteiger partial charge in [-0.2, -0.15) is 0 Å². The second-order valence-corrected chi connectivity index (χ2v) is 5.98. The molecule has 0 atom stereocenters. The van der Waals surface area contributed by atoms with Crippen molar-refractivity contribution >= 4 is 17.3 Å². The molecule has 4 nitrogen and oxygen atoms in total. The van der Waals surface area contributed by atoms with Crippen LogP contribution >= 0.6 is 11.3 Å². The molecule has 0 aliphatic carbocycles. The number of hydrogen-bond donors (Lipinski definition) is 1.